The molecule has 0 aliphatic heterocycles. The average Bonchev–Trinajstić information content (AvgIpc) is 2.01. The summed E-state index contributed by atoms with van der Waals surface area (Å²) in [5.41, 5.74) is 2.03. The standard InChI is InChI=1S/C11H19N/c1-5-7-9-11(4)12-10(3)8-6-2/h7,9H,3,5-6,8H2,1-2,4H3/b9-7-,12-11?. The van der Waals surface area contributed by atoms with Gasteiger partial charge in [0.15, 0.2) is 0 Å². The van der Waals surface area contributed by atoms with E-state index in [9.17, 15) is 0 Å². The van der Waals surface area contributed by atoms with Gasteiger partial charge in [-0.25, -0.2) is 0 Å². The summed E-state index contributed by atoms with van der Waals surface area (Å²) in [7, 11) is 0. The molecule has 0 aliphatic rings. The van der Waals surface area contributed by atoms with Crippen LogP contribution >= 0.6 is 0 Å². The first-order chi connectivity index (χ1) is 5.70. The van der Waals surface area contributed by atoms with Gasteiger partial charge in [-0.1, -0.05) is 32.9 Å². The van der Waals surface area contributed by atoms with Crippen LogP contribution in [-0.2, 0) is 0 Å². The average molecular weight is 165 g/mol. The number of hydrogen-bond acceptors (Lipinski definition) is 1. The van der Waals surface area contributed by atoms with Crippen LogP contribution in [-0.4, -0.2) is 5.71 Å². The summed E-state index contributed by atoms with van der Waals surface area (Å²) >= 11 is 0. The Morgan fingerprint density at radius 3 is 2.58 bits per heavy atom. The Balaban J connectivity index is 3.97. The van der Waals surface area contributed by atoms with Crippen LogP contribution in [0.1, 0.15) is 40.0 Å². The second-order valence-corrected chi connectivity index (χ2v) is 2.88. The zero-order valence-corrected chi connectivity index (χ0v) is 8.43. The van der Waals surface area contributed by atoms with E-state index in [1.54, 1.807) is 0 Å². The molecule has 0 saturated heterocycles. The topological polar surface area (TPSA) is 12.4 Å². The van der Waals surface area contributed by atoms with Gasteiger partial charge in [-0.3, -0.25) is 4.99 Å². The summed E-state index contributed by atoms with van der Waals surface area (Å²) in [6, 6.07) is 0. The predicted molar refractivity (Wildman–Crippen MR) is 56.6 cm³/mol. The van der Waals surface area contributed by atoms with E-state index in [2.05, 4.69) is 31.5 Å². The third kappa shape index (κ3) is 5.90. The van der Waals surface area contributed by atoms with Gasteiger partial charge in [0.1, 0.15) is 0 Å². The van der Waals surface area contributed by atoms with Crippen LogP contribution in [0.3, 0.4) is 0 Å². The minimum atomic E-state index is 0.982. The van der Waals surface area contributed by atoms with Crippen molar-refractivity contribution in [3.63, 3.8) is 0 Å². The lowest BCUT2D eigenvalue weighted by Gasteiger charge is -1.96. The van der Waals surface area contributed by atoms with Crippen molar-refractivity contribution in [1.29, 1.82) is 0 Å². The Morgan fingerprint density at radius 1 is 1.42 bits per heavy atom. The van der Waals surface area contributed by atoms with Gasteiger partial charge in [0.25, 0.3) is 0 Å². The van der Waals surface area contributed by atoms with E-state index in [0.29, 0.717) is 0 Å². The minimum Gasteiger partial charge on any atom is -0.259 e. The van der Waals surface area contributed by atoms with Crippen LogP contribution in [0.2, 0.25) is 0 Å². The van der Waals surface area contributed by atoms with Gasteiger partial charge in [0, 0.05) is 11.4 Å². The Bertz CT molecular complexity index is 187. The van der Waals surface area contributed by atoms with Crippen molar-refractivity contribution in [1.82, 2.24) is 0 Å². The van der Waals surface area contributed by atoms with Gasteiger partial charge in [-0.05, 0) is 25.8 Å². The van der Waals surface area contributed by atoms with Crippen molar-refractivity contribution in [2.24, 2.45) is 4.99 Å². The van der Waals surface area contributed by atoms with Crippen molar-refractivity contribution in [3.8, 4) is 0 Å². The monoisotopic (exact) mass is 165 g/mol. The molecule has 0 radical (unpaired) electrons. The van der Waals surface area contributed by atoms with E-state index < -0.39 is 0 Å². The van der Waals surface area contributed by atoms with Crippen molar-refractivity contribution in [3.05, 3.63) is 24.4 Å². The molecule has 12 heavy (non-hydrogen) atoms. The van der Waals surface area contributed by atoms with E-state index in [1.807, 2.05) is 13.0 Å². The lowest BCUT2D eigenvalue weighted by molar-refractivity contribution is 0.897. The van der Waals surface area contributed by atoms with E-state index in [4.69, 9.17) is 0 Å². The van der Waals surface area contributed by atoms with Crippen LogP contribution in [0.5, 0.6) is 0 Å². The SMILES string of the molecule is C=C(CCC)N=C(C)/C=C\CC. The molecule has 0 saturated carbocycles. The van der Waals surface area contributed by atoms with Gasteiger partial charge in [-0.15, -0.1) is 0 Å². The van der Waals surface area contributed by atoms with Crippen LogP contribution in [0, 0.1) is 0 Å². The molecule has 1 nitrogen and oxygen atoms in total. The van der Waals surface area contributed by atoms with Gasteiger partial charge in [0.2, 0.25) is 0 Å². The molecule has 0 bridgehead atoms. The fourth-order valence-corrected chi connectivity index (χ4v) is 0.920. The summed E-state index contributed by atoms with van der Waals surface area (Å²) < 4.78 is 0. The van der Waals surface area contributed by atoms with Crippen LogP contribution in [0.15, 0.2) is 29.4 Å². The van der Waals surface area contributed by atoms with Gasteiger partial charge in [0.05, 0.1) is 0 Å². The van der Waals surface area contributed by atoms with Crippen molar-refractivity contribution in [2.75, 3.05) is 0 Å². The molecule has 1 heteroatoms. The predicted octanol–water partition coefficient (Wildman–Crippen LogP) is 3.73. The Morgan fingerprint density at radius 2 is 2.08 bits per heavy atom. The molecule has 0 rings (SSSR count). The summed E-state index contributed by atoms with van der Waals surface area (Å²) in [5, 5.41) is 0. The van der Waals surface area contributed by atoms with Crippen LogP contribution in [0.25, 0.3) is 0 Å². The largest absolute Gasteiger partial charge is 0.259 e. The highest BCUT2D eigenvalue weighted by atomic mass is 14.7. The molecule has 0 fully saturated rings. The molecule has 0 aromatic rings. The molecule has 0 unspecified atom stereocenters. The molecular formula is C11H19N. The van der Waals surface area contributed by atoms with E-state index in [0.717, 1.165) is 30.7 Å². The highest BCUT2D eigenvalue weighted by Crippen LogP contribution is 2.03. The van der Waals surface area contributed by atoms with E-state index >= 15 is 0 Å². The minimum absolute atomic E-state index is 0.982. The molecule has 68 valence electrons. The maximum Gasteiger partial charge on any atom is 0.0372 e. The highest BCUT2D eigenvalue weighted by molar-refractivity contribution is 5.93. The summed E-state index contributed by atoms with van der Waals surface area (Å²) in [5.74, 6) is 0. The maximum absolute atomic E-state index is 4.34. The molecule has 0 aromatic heterocycles. The molecule has 0 spiro atoms. The molecule has 0 aliphatic carbocycles. The highest BCUT2D eigenvalue weighted by Gasteiger charge is 1.88. The fraction of sp³-hybridized carbons (Fsp3) is 0.545. The van der Waals surface area contributed by atoms with Crippen molar-refractivity contribution in [2.45, 2.75) is 40.0 Å². The Labute approximate surface area is 75.9 Å². The van der Waals surface area contributed by atoms with Crippen molar-refractivity contribution >= 4 is 5.71 Å². The second kappa shape index (κ2) is 6.84. The first-order valence-electron chi connectivity index (χ1n) is 4.60. The maximum atomic E-state index is 4.34. The summed E-state index contributed by atoms with van der Waals surface area (Å²) in [4.78, 5) is 4.34. The second-order valence-electron chi connectivity index (χ2n) is 2.88. The molecular weight excluding hydrogens is 146 g/mol. The third-order valence-electron chi connectivity index (χ3n) is 1.47. The zero-order valence-electron chi connectivity index (χ0n) is 8.43. The lowest BCUT2D eigenvalue weighted by Crippen LogP contribution is -1.86. The van der Waals surface area contributed by atoms with E-state index in [-0.39, 0.29) is 0 Å². The normalized spacial score (nSPS) is 12.4. The summed E-state index contributed by atoms with van der Waals surface area (Å²) in [6.07, 6.45) is 7.33. The van der Waals surface area contributed by atoms with Crippen LogP contribution in [0.4, 0.5) is 0 Å². The number of hydrogen-bond donors (Lipinski definition) is 0. The summed E-state index contributed by atoms with van der Waals surface area (Å²) in [6.45, 7) is 10.1. The first-order valence-corrected chi connectivity index (χ1v) is 4.60. The number of nitrogens with zero attached hydrogens (tertiary/aromatic N) is 1. The molecule has 0 N–H and O–H groups in total. The van der Waals surface area contributed by atoms with Gasteiger partial charge in [-0.2, -0.15) is 0 Å². The van der Waals surface area contributed by atoms with Crippen molar-refractivity contribution < 1.29 is 0 Å². The Kier molecular flexibility index (Phi) is 6.35. The number of rotatable bonds is 5. The Hall–Kier alpha value is -0.850. The molecule has 0 amide bonds. The number of allylic oxidation sites excluding steroid dienone is 3. The van der Waals surface area contributed by atoms with Gasteiger partial charge >= 0.3 is 0 Å². The fourth-order valence-electron chi connectivity index (χ4n) is 0.920. The van der Waals surface area contributed by atoms with Crippen LogP contribution < -0.4 is 0 Å². The van der Waals surface area contributed by atoms with E-state index in [1.165, 1.54) is 0 Å². The first kappa shape index (κ1) is 11.2. The quantitative estimate of drug-likeness (QED) is 0.550. The zero-order chi connectivity index (χ0) is 9.40. The smallest absolute Gasteiger partial charge is 0.0372 e. The molecule has 0 aromatic carbocycles. The van der Waals surface area contributed by atoms with Gasteiger partial charge < -0.3 is 0 Å². The molecule has 0 atom stereocenters. The third-order valence-corrected chi connectivity index (χ3v) is 1.47. The number of aliphatic imine (C=N–C) groups is 1. The molecule has 0 heterocycles. The lowest BCUT2D eigenvalue weighted by atomic mass is 10.2.